The number of aryl methyl sites for hydroxylation is 1. The predicted molar refractivity (Wildman–Crippen MR) is 111 cm³/mol. The molecule has 0 atom stereocenters. The van der Waals surface area contributed by atoms with Gasteiger partial charge in [0.25, 0.3) is 0 Å². The van der Waals surface area contributed by atoms with Crippen LogP contribution in [0.1, 0.15) is 12.5 Å². The van der Waals surface area contributed by atoms with E-state index in [1.165, 1.54) is 5.56 Å². The van der Waals surface area contributed by atoms with E-state index in [0.717, 1.165) is 40.1 Å². The fourth-order valence-corrected chi connectivity index (χ4v) is 3.00. The van der Waals surface area contributed by atoms with Crippen molar-refractivity contribution in [1.82, 2.24) is 9.97 Å². The number of methoxy groups -OCH3 is 1. The molecule has 4 aromatic rings. The van der Waals surface area contributed by atoms with Gasteiger partial charge < -0.3 is 10.1 Å². The third-order valence-corrected chi connectivity index (χ3v) is 4.58. The van der Waals surface area contributed by atoms with Gasteiger partial charge in [-0.1, -0.05) is 31.2 Å². The molecule has 4 heteroatoms. The van der Waals surface area contributed by atoms with E-state index in [1.807, 2.05) is 48.5 Å². The first-order valence-corrected chi connectivity index (χ1v) is 9.04. The van der Waals surface area contributed by atoms with Gasteiger partial charge in [0, 0.05) is 16.6 Å². The van der Waals surface area contributed by atoms with E-state index in [2.05, 4.69) is 36.5 Å². The van der Waals surface area contributed by atoms with Gasteiger partial charge in [0.05, 0.1) is 12.6 Å². The smallest absolute Gasteiger partial charge is 0.162 e. The summed E-state index contributed by atoms with van der Waals surface area (Å²) in [4.78, 5) is 9.54. The molecule has 3 aromatic carbocycles. The van der Waals surface area contributed by atoms with E-state index >= 15 is 0 Å². The van der Waals surface area contributed by atoms with Gasteiger partial charge in [0.2, 0.25) is 0 Å². The molecule has 0 radical (unpaired) electrons. The molecule has 0 bridgehead atoms. The largest absolute Gasteiger partial charge is 0.497 e. The predicted octanol–water partition coefficient (Wildman–Crippen LogP) is 5.61. The topological polar surface area (TPSA) is 47.0 Å². The van der Waals surface area contributed by atoms with Crippen LogP contribution < -0.4 is 10.1 Å². The lowest BCUT2D eigenvalue weighted by atomic mass is 10.1. The molecule has 0 fully saturated rings. The van der Waals surface area contributed by atoms with Gasteiger partial charge in [-0.25, -0.2) is 9.97 Å². The van der Waals surface area contributed by atoms with Gasteiger partial charge in [-0.15, -0.1) is 0 Å². The van der Waals surface area contributed by atoms with E-state index < -0.39 is 0 Å². The Hall–Kier alpha value is -3.40. The van der Waals surface area contributed by atoms with Crippen molar-refractivity contribution in [3.05, 3.63) is 78.4 Å². The molecule has 134 valence electrons. The third-order valence-electron chi connectivity index (χ3n) is 4.58. The average Bonchev–Trinajstić information content (AvgIpc) is 2.74. The number of aromatic nitrogens is 2. The van der Waals surface area contributed by atoms with Crippen LogP contribution in [0.25, 0.3) is 22.3 Å². The number of hydrogen-bond acceptors (Lipinski definition) is 4. The van der Waals surface area contributed by atoms with Crippen LogP contribution in [0.15, 0.2) is 72.8 Å². The zero-order chi connectivity index (χ0) is 18.6. The molecule has 0 spiro atoms. The SMILES string of the molecule is CCc1ccc(Nc2nc(-c3ccc(OC)cc3)nc3ccccc23)cc1. The Bertz CT molecular complexity index is 1060. The lowest BCUT2D eigenvalue weighted by molar-refractivity contribution is 0.415. The van der Waals surface area contributed by atoms with Crippen molar-refractivity contribution in [2.24, 2.45) is 0 Å². The first-order valence-electron chi connectivity index (χ1n) is 9.04. The minimum atomic E-state index is 0.684. The monoisotopic (exact) mass is 355 g/mol. The van der Waals surface area contributed by atoms with Crippen molar-refractivity contribution in [2.45, 2.75) is 13.3 Å². The number of fused-ring (bicyclic) bond motifs is 1. The van der Waals surface area contributed by atoms with Gasteiger partial charge in [-0.3, -0.25) is 0 Å². The van der Waals surface area contributed by atoms with Gasteiger partial charge in [0.1, 0.15) is 11.6 Å². The molecule has 1 N–H and O–H groups in total. The maximum absolute atomic E-state index is 5.24. The van der Waals surface area contributed by atoms with E-state index in [4.69, 9.17) is 14.7 Å². The Morgan fingerprint density at radius 2 is 1.59 bits per heavy atom. The quantitative estimate of drug-likeness (QED) is 0.505. The maximum Gasteiger partial charge on any atom is 0.162 e. The average molecular weight is 355 g/mol. The van der Waals surface area contributed by atoms with Gasteiger partial charge >= 0.3 is 0 Å². The molecule has 27 heavy (non-hydrogen) atoms. The van der Waals surface area contributed by atoms with Crippen LogP contribution in [-0.4, -0.2) is 17.1 Å². The number of anilines is 2. The lowest BCUT2D eigenvalue weighted by Gasteiger charge is -2.12. The number of nitrogens with one attached hydrogen (secondary N) is 1. The molecular weight excluding hydrogens is 334 g/mol. The Balaban J connectivity index is 1.77. The molecule has 0 saturated heterocycles. The fraction of sp³-hybridized carbons (Fsp3) is 0.130. The molecule has 0 unspecified atom stereocenters. The van der Waals surface area contributed by atoms with Crippen LogP contribution in [0.5, 0.6) is 5.75 Å². The number of hydrogen-bond donors (Lipinski definition) is 1. The van der Waals surface area contributed by atoms with E-state index in [1.54, 1.807) is 7.11 Å². The van der Waals surface area contributed by atoms with Crippen molar-refractivity contribution in [2.75, 3.05) is 12.4 Å². The normalized spacial score (nSPS) is 10.7. The van der Waals surface area contributed by atoms with Crippen molar-refractivity contribution < 1.29 is 4.74 Å². The number of ether oxygens (including phenoxy) is 1. The van der Waals surface area contributed by atoms with Crippen LogP contribution in [0.4, 0.5) is 11.5 Å². The van der Waals surface area contributed by atoms with Crippen LogP contribution >= 0.6 is 0 Å². The summed E-state index contributed by atoms with van der Waals surface area (Å²) in [7, 11) is 1.66. The Labute approximate surface area is 158 Å². The van der Waals surface area contributed by atoms with Crippen LogP contribution in [0.2, 0.25) is 0 Å². The summed E-state index contributed by atoms with van der Waals surface area (Å²) >= 11 is 0. The van der Waals surface area contributed by atoms with Crippen LogP contribution in [-0.2, 0) is 6.42 Å². The molecule has 1 aromatic heterocycles. The number of nitrogens with zero attached hydrogens (tertiary/aromatic N) is 2. The molecule has 0 saturated carbocycles. The van der Waals surface area contributed by atoms with E-state index in [9.17, 15) is 0 Å². The minimum Gasteiger partial charge on any atom is -0.497 e. The minimum absolute atomic E-state index is 0.684. The van der Waals surface area contributed by atoms with Crippen LogP contribution in [0, 0.1) is 0 Å². The summed E-state index contributed by atoms with van der Waals surface area (Å²) in [6.45, 7) is 2.15. The molecule has 0 aliphatic heterocycles. The van der Waals surface area contributed by atoms with Crippen LogP contribution in [0.3, 0.4) is 0 Å². The Morgan fingerprint density at radius 3 is 2.30 bits per heavy atom. The Morgan fingerprint density at radius 1 is 0.852 bits per heavy atom. The van der Waals surface area contributed by atoms with Crippen molar-refractivity contribution in [3.63, 3.8) is 0 Å². The lowest BCUT2D eigenvalue weighted by Crippen LogP contribution is -1.99. The summed E-state index contributed by atoms with van der Waals surface area (Å²) in [5, 5.41) is 4.45. The second-order valence-corrected chi connectivity index (χ2v) is 6.32. The maximum atomic E-state index is 5.24. The van der Waals surface area contributed by atoms with Gasteiger partial charge in [-0.2, -0.15) is 0 Å². The molecule has 0 aliphatic carbocycles. The number of rotatable bonds is 5. The standard InChI is InChI=1S/C23H21N3O/c1-3-16-8-12-18(13-9-16)24-23-20-6-4-5-7-21(20)25-22(26-23)17-10-14-19(27-2)15-11-17/h4-15H,3H2,1-2H3,(H,24,25,26). The highest BCUT2D eigenvalue weighted by Crippen LogP contribution is 2.28. The summed E-state index contributed by atoms with van der Waals surface area (Å²) in [6, 6.07) is 24.3. The molecular formula is C23H21N3O. The van der Waals surface area contributed by atoms with Crippen molar-refractivity contribution in [1.29, 1.82) is 0 Å². The summed E-state index contributed by atoms with van der Waals surface area (Å²) in [6.07, 6.45) is 1.03. The zero-order valence-corrected chi connectivity index (χ0v) is 15.4. The number of para-hydroxylation sites is 1. The highest BCUT2D eigenvalue weighted by atomic mass is 16.5. The van der Waals surface area contributed by atoms with E-state index in [0.29, 0.717) is 5.82 Å². The zero-order valence-electron chi connectivity index (χ0n) is 15.4. The van der Waals surface area contributed by atoms with Gasteiger partial charge in [-0.05, 0) is 60.5 Å². The van der Waals surface area contributed by atoms with E-state index in [-0.39, 0.29) is 0 Å². The second kappa shape index (κ2) is 7.46. The third kappa shape index (κ3) is 3.60. The second-order valence-electron chi connectivity index (χ2n) is 6.32. The summed E-state index contributed by atoms with van der Waals surface area (Å²) in [5.74, 6) is 2.30. The molecule has 4 rings (SSSR count). The van der Waals surface area contributed by atoms with Gasteiger partial charge in [0.15, 0.2) is 5.82 Å². The summed E-state index contributed by atoms with van der Waals surface area (Å²) in [5.41, 5.74) is 4.18. The fourth-order valence-electron chi connectivity index (χ4n) is 3.00. The first-order chi connectivity index (χ1) is 13.3. The van der Waals surface area contributed by atoms with Crippen molar-refractivity contribution in [3.8, 4) is 17.1 Å². The summed E-state index contributed by atoms with van der Waals surface area (Å²) < 4.78 is 5.24. The highest BCUT2D eigenvalue weighted by Gasteiger charge is 2.10. The Kier molecular flexibility index (Phi) is 4.71. The molecule has 4 nitrogen and oxygen atoms in total. The number of benzene rings is 3. The molecule has 0 amide bonds. The molecule has 0 aliphatic rings. The van der Waals surface area contributed by atoms with Crippen molar-refractivity contribution >= 4 is 22.4 Å². The highest BCUT2D eigenvalue weighted by molar-refractivity contribution is 5.92. The first kappa shape index (κ1) is 17.0. The molecule has 1 heterocycles.